The van der Waals surface area contributed by atoms with Gasteiger partial charge in [-0.1, -0.05) is 12.1 Å². The number of halogens is 1. The molecule has 0 unspecified atom stereocenters. The third kappa shape index (κ3) is 3.99. The van der Waals surface area contributed by atoms with Crippen molar-refractivity contribution in [2.75, 3.05) is 6.61 Å². The Morgan fingerprint density at radius 3 is 2.96 bits per heavy atom. The second kappa shape index (κ2) is 7.09. The maximum absolute atomic E-state index is 13.9. The Morgan fingerprint density at radius 1 is 1.32 bits per heavy atom. The van der Waals surface area contributed by atoms with Crippen molar-refractivity contribution in [3.8, 4) is 0 Å². The van der Waals surface area contributed by atoms with E-state index in [4.69, 9.17) is 4.74 Å². The molecule has 25 heavy (non-hydrogen) atoms. The number of carbonyl (C=O) groups excluding carboxylic acids is 1. The Kier molecular flexibility index (Phi) is 4.67. The molecule has 4 rings (SSSR count). The van der Waals surface area contributed by atoms with Gasteiger partial charge in [0.2, 0.25) is 0 Å². The summed E-state index contributed by atoms with van der Waals surface area (Å²) in [5.41, 5.74) is 2.77. The van der Waals surface area contributed by atoms with Crippen LogP contribution in [-0.4, -0.2) is 17.6 Å². The van der Waals surface area contributed by atoms with Crippen molar-refractivity contribution in [1.29, 1.82) is 0 Å². The average Bonchev–Trinajstić information content (AvgIpc) is 3.38. The molecule has 0 atom stereocenters. The van der Waals surface area contributed by atoms with Crippen molar-refractivity contribution in [3.63, 3.8) is 0 Å². The molecular weight excluding hydrogens is 341 g/mol. The smallest absolute Gasteiger partial charge is 0.315 e. The second-order valence-corrected chi connectivity index (χ2v) is 7.61. The number of nitrogens with zero attached hydrogens (tertiary/aromatic N) is 1. The van der Waals surface area contributed by atoms with E-state index in [0.29, 0.717) is 31.2 Å². The van der Waals surface area contributed by atoms with Crippen LogP contribution in [0.3, 0.4) is 0 Å². The fourth-order valence-electron chi connectivity index (χ4n) is 2.95. The lowest BCUT2D eigenvalue weighted by Gasteiger charge is -2.09. The summed E-state index contributed by atoms with van der Waals surface area (Å²) < 4.78 is 19.3. The first kappa shape index (κ1) is 16.5. The molecule has 0 spiro atoms. The van der Waals surface area contributed by atoms with Gasteiger partial charge in [-0.15, -0.1) is 11.3 Å². The predicted molar refractivity (Wildman–Crippen MR) is 92.9 cm³/mol. The van der Waals surface area contributed by atoms with Crippen LogP contribution in [0.2, 0.25) is 0 Å². The lowest BCUT2D eigenvalue weighted by Crippen LogP contribution is -2.34. The second-order valence-electron chi connectivity index (χ2n) is 6.44. The van der Waals surface area contributed by atoms with E-state index in [1.165, 1.54) is 18.9 Å². The molecule has 1 aromatic heterocycles. The van der Waals surface area contributed by atoms with Gasteiger partial charge in [0.1, 0.15) is 10.8 Å². The Morgan fingerprint density at radius 2 is 2.16 bits per heavy atom. The first-order chi connectivity index (χ1) is 12.2. The highest BCUT2D eigenvalue weighted by Gasteiger charge is 2.24. The van der Waals surface area contributed by atoms with Crippen molar-refractivity contribution in [2.24, 2.45) is 0 Å². The lowest BCUT2D eigenvalue weighted by molar-refractivity contribution is 0.112. The number of ether oxygens (including phenoxy) is 1. The molecule has 0 radical (unpaired) electrons. The van der Waals surface area contributed by atoms with Crippen LogP contribution in [-0.2, 0) is 30.9 Å². The van der Waals surface area contributed by atoms with Crippen LogP contribution >= 0.6 is 11.3 Å². The zero-order chi connectivity index (χ0) is 17.2. The summed E-state index contributed by atoms with van der Waals surface area (Å²) in [5.74, 6) is 0.283. The molecule has 0 saturated heterocycles. The van der Waals surface area contributed by atoms with Gasteiger partial charge in [-0.3, -0.25) is 0 Å². The SMILES string of the molecule is O=C(NCc1nc2c(s1)COCC2)NCc1cc(C2CC2)ccc1F. The topological polar surface area (TPSA) is 63.2 Å². The normalized spacial score (nSPS) is 16.4. The van der Waals surface area contributed by atoms with E-state index in [1.807, 2.05) is 12.1 Å². The maximum atomic E-state index is 13.9. The molecule has 1 aliphatic heterocycles. The van der Waals surface area contributed by atoms with E-state index in [1.54, 1.807) is 11.3 Å². The first-order valence-corrected chi connectivity index (χ1v) is 9.36. The molecule has 2 aromatic rings. The average molecular weight is 361 g/mol. The summed E-state index contributed by atoms with van der Waals surface area (Å²) in [6.07, 6.45) is 3.16. The van der Waals surface area contributed by atoms with Gasteiger partial charge in [0.25, 0.3) is 0 Å². The van der Waals surface area contributed by atoms with Crippen molar-refractivity contribution in [2.45, 2.75) is 44.9 Å². The largest absolute Gasteiger partial charge is 0.375 e. The molecule has 1 saturated carbocycles. The molecule has 2 N–H and O–H groups in total. The van der Waals surface area contributed by atoms with E-state index in [-0.39, 0.29) is 18.4 Å². The van der Waals surface area contributed by atoms with Gasteiger partial charge in [-0.2, -0.15) is 0 Å². The molecule has 2 heterocycles. The summed E-state index contributed by atoms with van der Waals surface area (Å²) in [6, 6.07) is 4.87. The van der Waals surface area contributed by atoms with Gasteiger partial charge in [0.05, 0.1) is 30.3 Å². The Bertz CT molecular complexity index is 765. The van der Waals surface area contributed by atoms with Crippen LogP contribution in [0.4, 0.5) is 9.18 Å². The number of carbonyl (C=O) groups is 1. The molecule has 1 aliphatic carbocycles. The van der Waals surface area contributed by atoms with Crippen molar-refractivity contribution < 1.29 is 13.9 Å². The van der Waals surface area contributed by atoms with Crippen LogP contribution < -0.4 is 10.6 Å². The number of rotatable bonds is 5. The summed E-state index contributed by atoms with van der Waals surface area (Å²) >= 11 is 1.57. The van der Waals surface area contributed by atoms with Crippen LogP contribution in [0, 0.1) is 5.82 Å². The van der Waals surface area contributed by atoms with Crippen molar-refractivity contribution in [1.82, 2.24) is 15.6 Å². The van der Waals surface area contributed by atoms with E-state index in [9.17, 15) is 9.18 Å². The quantitative estimate of drug-likeness (QED) is 0.859. The molecule has 2 aliphatic rings. The van der Waals surface area contributed by atoms with E-state index < -0.39 is 0 Å². The molecule has 132 valence electrons. The molecule has 2 amide bonds. The number of urea groups is 1. The molecular formula is C18H20FN3O2S. The van der Waals surface area contributed by atoms with Crippen LogP contribution in [0.25, 0.3) is 0 Å². The molecule has 1 fully saturated rings. The molecule has 5 nitrogen and oxygen atoms in total. The predicted octanol–water partition coefficient (Wildman–Crippen LogP) is 3.23. The van der Waals surface area contributed by atoms with Crippen LogP contribution in [0.15, 0.2) is 18.2 Å². The zero-order valence-electron chi connectivity index (χ0n) is 13.8. The van der Waals surface area contributed by atoms with E-state index in [0.717, 1.165) is 27.6 Å². The van der Waals surface area contributed by atoms with E-state index >= 15 is 0 Å². The van der Waals surface area contributed by atoms with Crippen molar-refractivity contribution >= 4 is 17.4 Å². The number of fused-ring (bicyclic) bond motifs is 1. The minimum absolute atomic E-state index is 0.181. The third-order valence-corrected chi connectivity index (χ3v) is 5.57. The highest BCUT2D eigenvalue weighted by atomic mass is 32.1. The van der Waals surface area contributed by atoms with Gasteiger partial charge in [0, 0.05) is 18.5 Å². The van der Waals surface area contributed by atoms with Crippen LogP contribution in [0.5, 0.6) is 0 Å². The number of amides is 2. The van der Waals surface area contributed by atoms with Gasteiger partial charge < -0.3 is 15.4 Å². The Balaban J connectivity index is 1.29. The Labute approximate surface area is 149 Å². The number of aromatic nitrogens is 1. The van der Waals surface area contributed by atoms with Crippen molar-refractivity contribution in [3.05, 3.63) is 50.7 Å². The molecule has 0 bridgehead atoms. The standard InChI is InChI=1S/C18H20FN3O2S/c19-14-4-3-12(11-1-2-11)7-13(14)8-20-18(23)21-9-17-22-15-5-6-24-10-16(15)25-17/h3-4,7,11H,1-2,5-6,8-10H2,(H2,20,21,23). The third-order valence-electron chi connectivity index (χ3n) is 4.50. The van der Waals surface area contributed by atoms with Gasteiger partial charge in [0.15, 0.2) is 0 Å². The van der Waals surface area contributed by atoms with Gasteiger partial charge >= 0.3 is 6.03 Å². The highest BCUT2D eigenvalue weighted by molar-refractivity contribution is 7.11. The summed E-state index contributed by atoms with van der Waals surface area (Å²) in [5, 5.41) is 6.37. The summed E-state index contributed by atoms with van der Waals surface area (Å²) in [4.78, 5) is 17.7. The molecule has 7 heteroatoms. The number of thiazole rings is 1. The number of nitrogens with one attached hydrogen (secondary N) is 2. The van der Waals surface area contributed by atoms with Crippen LogP contribution in [0.1, 0.15) is 45.5 Å². The van der Waals surface area contributed by atoms with E-state index in [2.05, 4.69) is 15.6 Å². The van der Waals surface area contributed by atoms with Gasteiger partial charge in [-0.05, 0) is 30.4 Å². The van der Waals surface area contributed by atoms with Gasteiger partial charge in [-0.25, -0.2) is 14.2 Å². The number of hydrogen-bond donors (Lipinski definition) is 2. The summed E-state index contributed by atoms with van der Waals surface area (Å²) in [7, 11) is 0. The number of benzene rings is 1. The highest BCUT2D eigenvalue weighted by Crippen LogP contribution is 2.40. The monoisotopic (exact) mass is 361 g/mol. The zero-order valence-corrected chi connectivity index (χ0v) is 14.6. The molecule has 1 aromatic carbocycles. The fourth-order valence-corrected chi connectivity index (χ4v) is 3.94. The maximum Gasteiger partial charge on any atom is 0.315 e. The Hall–Kier alpha value is -1.99. The minimum atomic E-state index is -0.319. The fraction of sp³-hybridized carbons (Fsp3) is 0.444. The first-order valence-electron chi connectivity index (χ1n) is 8.54. The minimum Gasteiger partial charge on any atom is -0.375 e. The summed E-state index contributed by atoms with van der Waals surface area (Å²) in [6.45, 7) is 1.86. The lowest BCUT2D eigenvalue weighted by atomic mass is 10.1. The number of hydrogen-bond acceptors (Lipinski definition) is 4.